The van der Waals surface area contributed by atoms with Gasteiger partial charge in [0.15, 0.2) is 0 Å². The molecular formula is C12H14BrNO2. The van der Waals surface area contributed by atoms with Crippen molar-refractivity contribution in [2.75, 3.05) is 13.2 Å². The molecule has 0 saturated carbocycles. The number of ether oxygens (including phenoxy) is 1. The summed E-state index contributed by atoms with van der Waals surface area (Å²) < 4.78 is 6.39. The van der Waals surface area contributed by atoms with E-state index in [1.165, 1.54) is 0 Å². The van der Waals surface area contributed by atoms with Gasteiger partial charge in [0.1, 0.15) is 5.75 Å². The lowest BCUT2D eigenvalue weighted by Gasteiger charge is -2.04. The van der Waals surface area contributed by atoms with Crippen LogP contribution in [0.3, 0.4) is 0 Å². The Morgan fingerprint density at radius 1 is 1.56 bits per heavy atom. The lowest BCUT2D eigenvalue weighted by atomic mass is 10.2. The van der Waals surface area contributed by atoms with E-state index in [0.29, 0.717) is 6.54 Å². The van der Waals surface area contributed by atoms with Crippen LogP contribution >= 0.6 is 15.9 Å². The third-order valence-corrected chi connectivity index (χ3v) is 3.05. The fourth-order valence-electron chi connectivity index (χ4n) is 1.69. The van der Waals surface area contributed by atoms with Crippen LogP contribution in [0.25, 0.3) is 0 Å². The normalized spacial score (nSPS) is 20.7. The van der Waals surface area contributed by atoms with Crippen LogP contribution < -0.4 is 0 Å². The highest BCUT2D eigenvalue weighted by molar-refractivity contribution is 9.10. The predicted molar refractivity (Wildman–Crippen MR) is 67.2 cm³/mol. The van der Waals surface area contributed by atoms with Gasteiger partial charge in [0, 0.05) is 22.9 Å². The molecule has 1 aliphatic rings. The van der Waals surface area contributed by atoms with E-state index in [1.807, 2.05) is 6.07 Å². The number of aromatic hydroxyl groups is 1. The molecule has 0 unspecified atom stereocenters. The minimum Gasteiger partial charge on any atom is -0.507 e. The van der Waals surface area contributed by atoms with Crippen LogP contribution in [0.15, 0.2) is 27.7 Å². The van der Waals surface area contributed by atoms with Gasteiger partial charge in [-0.3, -0.25) is 4.99 Å². The van der Waals surface area contributed by atoms with Crippen molar-refractivity contribution in [1.82, 2.24) is 0 Å². The zero-order chi connectivity index (χ0) is 11.4. The number of benzene rings is 1. The highest BCUT2D eigenvalue weighted by Crippen LogP contribution is 2.20. The van der Waals surface area contributed by atoms with E-state index in [9.17, 15) is 5.11 Å². The molecule has 1 fully saturated rings. The SMILES string of the molecule is Oc1ccc(Br)cc1C=NC[C@H]1CCCO1. The second kappa shape index (κ2) is 5.46. The average Bonchev–Trinajstić information content (AvgIpc) is 2.76. The molecule has 1 atom stereocenters. The summed E-state index contributed by atoms with van der Waals surface area (Å²) in [5.41, 5.74) is 0.729. The molecule has 1 aromatic carbocycles. The smallest absolute Gasteiger partial charge is 0.124 e. The van der Waals surface area contributed by atoms with Crippen molar-refractivity contribution in [1.29, 1.82) is 0 Å². The number of rotatable bonds is 3. The van der Waals surface area contributed by atoms with E-state index < -0.39 is 0 Å². The first-order chi connectivity index (χ1) is 7.75. The molecule has 0 spiro atoms. The summed E-state index contributed by atoms with van der Waals surface area (Å²) in [6.07, 6.45) is 4.16. The Bertz CT molecular complexity index is 387. The van der Waals surface area contributed by atoms with Crippen molar-refractivity contribution >= 4 is 22.1 Å². The highest BCUT2D eigenvalue weighted by Gasteiger charge is 2.13. The number of phenols is 1. The van der Waals surface area contributed by atoms with Crippen molar-refractivity contribution in [2.24, 2.45) is 4.99 Å². The zero-order valence-electron chi connectivity index (χ0n) is 8.90. The first-order valence-corrected chi connectivity index (χ1v) is 6.15. The van der Waals surface area contributed by atoms with Gasteiger partial charge in [-0.25, -0.2) is 0 Å². The van der Waals surface area contributed by atoms with Crippen LogP contribution in [-0.2, 0) is 4.74 Å². The maximum Gasteiger partial charge on any atom is 0.124 e. The summed E-state index contributed by atoms with van der Waals surface area (Å²) in [5.74, 6) is 0.249. The Hall–Kier alpha value is -0.870. The lowest BCUT2D eigenvalue weighted by molar-refractivity contribution is 0.118. The van der Waals surface area contributed by atoms with Gasteiger partial charge in [-0.1, -0.05) is 15.9 Å². The van der Waals surface area contributed by atoms with Gasteiger partial charge in [0.25, 0.3) is 0 Å². The standard InChI is InChI=1S/C12H14BrNO2/c13-10-3-4-12(15)9(6-10)7-14-8-11-2-1-5-16-11/h3-4,6-7,11,15H,1-2,5,8H2/t11-/m1/s1. The molecule has 0 aliphatic carbocycles. The molecule has 4 heteroatoms. The Kier molecular flexibility index (Phi) is 3.96. The predicted octanol–water partition coefficient (Wildman–Crippen LogP) is 2.75. The summed E-state index contributed by atoms with van der Waals surface area (Å²) in [6.45, 7) is 1.52. The average molecular weight is 284 g/mol. The Balaban J connectivity index is 1.96. The van der Waals surface area contributed by atoms with Gasteiger partial charge in [-0.15, -0.1) is 0 Å². The maximum absolute atomic E-state index is 9.58. The van der Waals surface area contributed by atoms with Crippen LogP contribution in [0.5, 0.6) is 5.75 Å². The number of phenolic OH excluding ortho intramolecular Hbond substituents is 1. The van der Waals surface area contributed by atoms with Crippen molar-refractivity contribution in [2.45, 2.75) is 18.9 Å². The molecule has 1 heterocycles. The van der Waals surface area contributed by atoms with E-state index in [1.54, 1.807) is 18.3 Å². The third kappa shape index (κ3) is 3.06. The molecular weight excluding hydrogens is 270 g/mol. The first-order valence-electron chi connectivity index (χ1n) is 5.35. The summed E-state index contributed by atoms with van der Waals surface area (Å²) in [4.78, 5) is 4.29. The largest absolute Gasteiger partial charge is 0.507 e. The molecule has 1 aromatic rings. The Morgan fingerprint density at radius 3 is 3.19 bits per heavy atom. The fraction of sp³-hybridized carbons (Fsp3) is 0.417. The summed E-state index contributed by atoms with van der Waals surface area (Å²) in [6, 6.07) is 5.29. The topological polar surface area (TPSA) is 41.8 Å². The molecule has 0 bridgehead atoms. The Labute approximate surface area is 103 Å². The van der Waals surface area contributed by atoms with Crippen molar-refractivity contribution in [3.8, 4) is 5.75 Å². The summed E-state index contributed by atoms with van der Waals surface area (Å²) in [5, 5.41) is 9.58. The van der Waals surface area contributed by atoms with Crippen molar-refractivity contribution < 1.29 is 9.84 Å². The number of hydrogen-bond acceptors (Lipinski definition) is 3. The van der Waals surface area contributed by atoms with Crippen molar-refractivity contribution in [3.05, 3.63) is 28.2 Å². The molecule has 3 nitrogen and oxygen atoms in total. The molecule has 0 amide bonds. The van der Waals surface area contributed by atoms with Gasteiger partial charge < -0.3 is 9.84 Å². The number of nitrogens with zero attached hydrogens (tertiary/aromatic N) is 1. The van der Waals surface area contributed by atoms with Crippen LogP contribution in [0, 0.1) is 0 Å². The van der Waals surface area contributed by atoms with E-state index >= 15 is 0 Å². The zero-order valence-corrected chi connectivity index (χ0v) is 10.5. The van der Waals surface area contributed by atoms with Crippen LogP contribution in [-0.4, -0.2) is 30.6 Å². The van der Waals surface area contributed by atoms with Crippen LogP contribution in [0.2, 0.25) is 0 Å². The van der Waals surface area contributed by atoms with Gasteiger partial charge in [-0.2, -0.15) is 0 Å². The molecule has 0 aromatic heterocycles. The minimum absolute atomic E-state index is 0.249. The molecule has 1 saturated heterocycles. The molecule has 1 N–H and O–H groups in total. The van der Waals surface area contributed by atoms with Crippen LogP contribution in [0.4, 0.5) is 0 Å². The number of hydrogen-bond donors (Lipinski definition) is 1. The quantitative estimate of drug-likeness (QED) is 0.867. The van der Waals surface area contributed by atoms with E-state index in [4.69, 9.17) is 4.74 Å². The molecule has 16 heavy (non-hydrogen) atoms. The third-order valence-electron chi connectivity index (χ3n) is 2.55. The van der Waals surface area contributed by atoms with E-state index in [-0.39, 0.29) is 11.9 Å². The second-order valence-electron chi connectivity index (χ2n) is 3.83. The van der Waals surface area contributed by atoms with Gasteiger partial charge in [0.05, 0.1) is 12.6 Å². The monoisotopic (exact) mass is 283 g/mol. The highest BCUT2D eigenvalue weighted by atomic mass is 79.9. The van der Waals surface area contributed by atoms with Gasteiger partial charge >= 0.3 is 0 Å². The van der Waals surface area contributed by atoms with E-state index in [0.717, 1.165) is 29.5 Å². The fourth-order valence-corrected chi connectivity index (χ4v) is 2.06. The van der Waals surface area contributed by atoms with Crippen LogP contribution in [0.1, 0.15) is 18.4 Å². The van der Waals surface area contributed by atoms with E-state index in [2.05, 4.69) is 20.9 Å². The summed E-state index contributed by atoms with van der Waals surface area (Å²) >= 11 is 3.36. The molecule has 1 aliphatic heterocycles. The molecule has 2 rings (SSSR count). The lowest BCUT2D eigenvalue weighted by Crippen LogP contribution is -2.08. The minimum atomic E-state index is 0.249. The van der Waals surface area contributed by atoms with Gasteiger partial charge in [-0.05, 0) is 31.0 Å². The number of aliphatic imine (C=N–C) groups is 1. The molecule has 86 valence electrons. The number of halogens is 1. The summed E-state index contributed by atoms with van der Waals surface area (Å²) in [7, 11) is 0. The Morgan fingerprint density at radius 2 is 2.44 bits per heavy atom. The molecule has 0 radical (unpaired) electrons. The first kappa shape index (κ1) is 11.6. The maximum atomic E-state index is 9.58. The van der Waals surface area contributed by atoms with Gasteiger partial charge in [0.2, 0.25) is 0 Å². The second-order valence-corrected chi connectivity index (χ2v) is 4.75. The van der Waals surface area contributed by atoms with Crippen molar-refractivity contribution in [3.63, 3.8) is 0 Å².